The largest absolute Gasteiger partial charge is 0.294 e. The van der Waals surface area contributed by atoms with Crippen LogP contribution in [-0.4, -0.2) is 25.7 Å². The summed E-state index contributed by atoms with van der Waals surface area (Å²) < 4.78 is 0. The van der Waals surface area contributed by atoms with E-state index in [1.54, 1.807) is 6.20 Å². The van der Waals surface area contributed by atoms with E-state index in [1.807, 2.05) is 6.92 Å². The third kappa shape index (κ3) is 2.92. The topological polar surface area (TPSA) is 80.7 Å². The van der Waals surface area contributed by atoms with Crippen LogP contribution in [0.4, 0.5) is 11.9 Å². The number of rotatable bonds is 2. The summed E-state index contributed by atoms with van der Waals surface area (Å²) >= 11 is 0. The SMILES string of the molecule is Cc1cc2nc(Nc3ncc4c(n3)C[C@@H](C)CC4=O)nc(C)c2cc1C. The molecule has 1 N–H and O–H groups in total. The summed E-state index contributed by atoms with van der Waals surface area (Å²) in [7, 11) is 0. The summed E-state index contributed by atoms with van der Waals surface area (Å²) in [4.78, 5) is 30.0. The van der Waals surface area contributed by atoms with E-state index in [1.165, 1.54) is 11.1 Å². The summed E-state index contributed by atoms with van der Waals surface area (Å²) in [5.41, 5.74) is 5.65. The van der Waals surface area contributed by atoms with Crippen molar-refractivity contribution >= 4 is 28.6 Å². The number of fused-ring (bicyclic) bond motifs is 2. The van der Waals surface area contributed by atoms with Crippen LogP contribution in [0.5, 0.6) is 0 Å². The summed E-state index contributed by atoms with van der Waals surface area (Å²) in [6, 6.07) is 4.19. The van der Waals surface area contributed by atoms with Crippen LogP contribution in [0.15, 0.2) is 18.3 Å². The van der Waals surface area contributed by atoms with E-state index in [4.69, 9.17) is 0 Å². The van der Waals surface area contributed by atoms with Crippen LogP contribution < -0.4 is 5.32 Å². The van der Waals surface area contributed by atoms with Gasteiger partial charge in [-0.1, -0.05) is 6.92 Å². The number of Topliss-reactive ketones (excluding diaryl/α,β-unsaturated/α-hetero) is 1. The van der Waals surface area contributed by atoms with Crippen molar-refractivity contribution < 1.29 is 4.79 Å². The minimum absolute atomic E-state index is 0.119. The third-order valence-corrected chi connectivity index (χ3v) is 4.97. The number of anilines is 2. The van der Waals surface area contributed by atoms with Gasteiger partial charge < -0.3 is 0 Å². The molecule has 0 aliphatic heterocycles. The number of nitrogens with zero attached hydrogens (tertiary/aromatic N) is 4. The van der Waals surface area contributed by atoms with Crippen LogP contribution in [-0.2, 0) is 6.42 Å². The lowest BCUT2D eigenvalue weighted by Crippen LogP contribution is -2.20. The number of hydrogen-bond donors (Lipinski definition) is 1. The van der Waals surface area contributed by atoms with E-state index in [0.717, 1.165) is 28.7 Å². The number of hydrogen-bond acceptors (Lipinski definition) is 6. The number of aryl methyl sites for hydroxylation is 3. The van der Waals surface area contributed by atoms with Gasteiger partial charge in [0, 0.05) is 18.0 Å². The Kier molecular flexibility index (Phi) is 3.90. The van der Waals surface area contributed by atoms with Crippen LogP contribution in [0.3, 0.4) is 0 Å². The monoisotopic (exact) mass is 347 g/mol. The van der Waals surface area contributed by atoms with Gasteiger partial charge in [-0.05, 0) is 56.4 Å². The van der Waals surface area contributed by atoms with E-state index in [-0.39, 0.29) is 5.78 Å². The molecule has 1 aliphatic carbocycles. The van der Waals surface area contributed by atoms with E-state index in [9.17, 15) is 4.79 Å². The summed E-state index contributed by atoms with van der Waals surface area (Å²) in [5, 5.41) is 4.14. The van der Waals surface area contributed by atoms with Crippen LogP contribution in [0.1, 0.15) is 46.2 Å². The van der Waals surface area contributed by atoms with Crippen molar-refractivity contribution in [3.8, 4) is 0 Å². The van der Waals surface area contributed by atoms with Gasteiger partial charge in [0.1, 0.15) is 0 Å². The fourth-order valence-electron chi connectivity index (χ4n) is 3.39. The molecule has 0 radical (unpaired) electrons. The Morgan fingerprint density at radius 1 is 1.00 bits per heavy atom. The highest BCUT2D eigenvalue weighted by molar-refractivity contribution is 5.98. The van der Waals surface area contributed by atoms with Gasteiger partial charge in [-0.15, -0.1) is 0 Å². The van der Waals surface area contributed by atoms with Crippen molar-refractivity contribution in [1.29, 1.82) is 0 Å². The highest BCUT2D eigenvalue weighted by Crippen LogP contribution is 2.25. The first-order valence-electron chi connectivity index (χ1n) is 8.82. The predicted octanol–water partition coefficient (Wildman–Crippen LogP) is 3.85. The molecule has 2 heterocycles. The molecule has 132 valence electrons. The molecule has 1 atom stereocenters. The maximum Gasteiger partial charge on any atom is 0.230 e. The number of ketones is 1. The first-order valence-corrected chi connectivity index (χ1v) is 8.82. The number of carbonyl (C=O) groups excluding carboxylic acids is 1. The van der Waals surface area contributed by atoms with Gasteiger partial charge >= 0.3 is 0 Å². The molecule has 1 aliphatic rings. The minimum atomic E-state index is 0.119. The zero-order valence-corrected chi connectivity index (χ0v) is 15.4. The first kappa shape index (κ1) is 16.6. The lowest BCUT2D eigenvalue weighted by Gasteiger charge is -2.19. The van der Waals surface area contributed by atoms with Crippen molar-refractivity contribution in [3.05, 3.63) is 46.4 Å². The molecule has 0 spiro atoms. The van der Waals surface area contributed by atoms with Gasteiger partial charge in [-0.3, -0.25) is 10.1 Å². The maximum absolute atomic E-state index is 12.1. The second-order valence-corrected chi connectivity index (χ2v) is 7.20. The standard InChI is InChI=1S/C20H21N5O/c1-10-5-16-15(18(26)6-10)9-21-19(23-16)25-20-22-13(4)14-7-11(2)12(3)8-17(14)24-20/h7-10H,5-6H2,1-4H3,(H,21,22,23,24,25)/t10-/m1/s1. The lowest BCUT2D eigenvalue weighted by atomic mass is 9.88. The predicted molar refractivity (Wildman–Crippen MR) is 101 cm³/mol. The highest BCUT2D eigenvalue weighted by atomic mass is 16.1. The number of benzene rings is 1. The second kappa shape index (κ2) is 6.12. The average Bonchev–Trinajstić information content (AvgIpc) is 2.56. The fraction of sp³-hybridized carbons (Fsp3) is 0.350. The highest BCUT2D eigenvalue weighted by Gasteiger charge is 2.24. The molecule has 0 saturated carbocycles. The van der Waals surface area contributed by atoms with Crippen molar-refractivity contribution in [2.75, 3.05) is 5.32 Å². The Labute approximate surface area is 152 Å². The molecule has 0 unspecified atom stereocenters. The average molecular weight is 347 g/mol. The van der Waals surface area contributed by atoms with Crippen LogP contribution >= 0.6 is 0 Å². The Morgan fingerprint density at radius 2 is 1.77 bits per heavy atom. The van der Waals surface area contributed by atoms with Gasteiger partial charge in [0.2, 0.25) is 11.9 Å². The normalized spacial score (nSPS) is 16.6. The minimum Gasteiger partial charge on any atom is -0.294 e. The second-order valence-electron chi connectivity index (χ2n) is 7.20. The molecule has 0 bridgehead atoms. The zero-order chi connectivity index (χ0) is 18.4. The Bertz CT molecular complexity index is 1040. The van der Waals surface area contributed by atoms with E-state index in [0.29, 0.717) is 29.8 Å². The van der Waals surface area contributed by atoms with Crippen LogP contribution in [0, 0.1) is 26.7 Å². The molecule has 0 saturated heterocycles. The van der Waals surface area contributed by atoms with Crippen molar-refractivity contribution in [2.45, 2.75) is 40.5 Å². The van der Waals surface area contributed by atoms with Crippen molar-refractivity contribution in [3.63, 3.8) is 0 Å². The number of aromatic nitrogens is 4. The molecular weight excluding hydrogens is 326 g/mol. The molecule has 26 heavy (non-hydrogen) atoms. The van der Waals surface area contributed by atoms with Crippen LogP contribution in [0.2, 0.25) is 0 Å². The molecular formula is C20H21N5O. The van der Waals surface area contributed by atoms with Crippen molar-refractivity contribution in [2.24, 2.45) is 5.92 Å². The molecule has 3 aromatic rings. The van der Waals surface area contributed by atoms with Gasteiger partial charge in [-0.2, -0.15) is 0 Å². The zero-order valence-electron chi connectivity index (χ0n) is 15.4. The third-order valence-electron chi connectivity index (χ3n) is 4.97. The van der Waals surface area contributed by atoms with Gasteiger partial charge in [0.05, 0.1) is 22.5 Å². The van der Waals surface area contributed by atoms with E-state index < -0.39 is 0 Å². The Morgan fingerprint density at radius 3 is 2.58 bits per heavy atom. The van der Waals surface area contributed by atoms with Gasteiger partial charge in [-0.25, -0.2) is 19.9 Å². The summed E-state index contributed by atoms with van der Waals surface area (Å²) in [6.45, 7) is 8.20. The fourth-order valence-corrected chi connectivity index (χ4v) is 3.39. The molecule has 6 heteroatoms. The number of nitrogens with one attached hydrogen (secondary N) is 1. The molecule has 6 nitrogen and oxygen atoms in total. The van der Waals surface area contributed by atoms with E-state index in [2.05, 4.69) is 58.2 Å². The molecule has 1 aromatic carbocycles. The van der Waals surface area contributed by atoms with Crippen LogP contribution in [0.25, 0.3) is 10.9 Å². The van der Waals surface area contributed by atoms with E-state index >= 15 is 0 Å². The van der Waals surface area contributed by atoms with Gasteiger partial charge in [0.15, 0.2) is 5.78 Å². The molecule has 4 rings (SSSR count). The lowest BCUT2D eigenvalue weighted by molar-refractivity contribution is 0.0951. The Balaban J connectivity index is 1.70. The van der Waals surface area contributed by atoms with Gasteiger partial charge in [0.25, 0.3) is 0 Å². The summed E-state index contributed by atoms with van der Waals surface area (Å²) in [6.07, 6.45) is 2.96. The molecule has 0 fully saturated rings. The number of carbonyl (C=O) groups is 1. The summed E-state index contributed by atoms with van der Waals surface area (Å²) in [5.74, 6) is 1.32. The Hall–Kier alpha value is -2.89. The molecule has 0 amide bonds. The maximum atomic E-state index is 12.1. The molecule has 2 aromatic heterocycles. The first-order chi connectivity index (χ1) is 12.4. The smallest absolute Gasteiger partial charge is 0.230 e. The van der Waals surface area contributed by atoms with Crippen molar-refractivity contribution in [1.82, 2.24) is 19.9 Å². The quantitative estimate of drug-likeness (QED) is 0.758.